The van der Waals surface area contributed by atoms with E-state index in [9.17, 15) is 13.2 Å². The summed E-state index contributed by atoms with van der Waals surface area (Å²) in [6, 6.07) is 6.16. The molecule has 1 aromatic carbocycles. The van der Waals surface area contributed by atoms with Gasteiger partial charge in [-0.25, -0.2) is 0 Å². The second-order valence-corrected chi connectivity index (χ2v) is 5.04. The molecule has 2 unspecified atom stereocenters. The lowest BCUT2D eigenvalue weighted by atomic mass is 10.0. The fourth-order valence-electron chi connectivity index (χ4n) is 2.58. The summed E-state index contributed by atoms with van der Waals surface area (Å²) >= 11 is 0. The summed E-state index contributed by atoms with van der Waals surface area (Å²) < 4.78 is 39.3. The number of rotatable bonds is 2. The molecule has 1 N–H and O–H groups in total. The standard InChI is InChI=1S/C14H19F3N2/c1-3-11-8-18-10(2)9-19(11)13-7-5-4-6-12(13)14(15,16)17/h4-7,10-11,18H,3,8-9H2,1-2H3. The minimum absolute atomic E-state index is 0.111. The van der Waals surface area contributed by atoms with Gasteiger partial charge in [-0.3, -0.25) is 0 Å². The number of benzene rings is 1. The maximum Gasteiger partial charge on any atom is 0.418 e. The highest BCUT2D eigenvalue weighted by Gasteiger charge is 2.36. The van der Waals surface area contributed by atoms with Crippen LogP contribution in [0, 0.1) is 0 Å². The molecule has 5 heteroatoms. The Morgan fingerprint density at radius 3 is 2.63 bits per heavy atom. The van der Waals surface area contributed by atoms with Gasteiger partial charge in [0.15, 0.2) is 0 Å². The maximum atomic E-state index is 13.1. The minimum Gasteiger partial charge on any atom is -0.365 e. The second kappa shape index (κ2) is 5.41. The first-order valence-corrected chi connectivity index (χ1v) is 6.59. The van der Waals surface area contributed by atoms with Gasteiger partial charge in [0.05, 0.1) is 5.56 Å². The van der Waals surface area contributed by atoms with Gasteiger partial charge in [-0.15, -0.1) is 0 Å². The normalized spacial score (nSPS) is 24.6. The zero-order chi connectivity index (χ0) is 14.0. The lowest BCUT2D eigenvalue weighted by molar-refractivity contribution is -0.137. The largest absolute Gasteiger partial charge is 0.418 e. The molecule has 2 nitrogen and oxygen atoms in total. The van der Waals surface area contributed by atoms with Crippen molar-refractivity contribution in [3.05, 3.63) is 29.8 Å². The number of hydrogen-bond acceptors (Lipinski definition) is 2. The molecule has 2 atom stereocenters. The molecule has 19 heavy (non-hydrogen) atoms. The third-order valence-corrected chi connectivity index (χ3v) is 3.60. The van der Waals surface area contributed by atoms with Crippen LogP contribution in [0.1, 0.15) is 25.8 Å². The van der Waals surface area contributed by atoms with Crippen LogP contribution in [-0.4, -0.2) is 25.2 Å². The zero-order valence-electron chi connectivity index (χ0n) is 11.2. The molecular weight excluding hydrogens is 253 g/mol. The van der Waals surface area contributed by atoms with E-state index in [0.717, 1.165) is 19.0 Å². The number of anilines is 1. The summed E-state index contributed by atoms with van der Waals surface area (Å²) in [7, 11) is 0. The number of nitrogens with zero attached hydrogens (tertiary/aromatic N) is 1. The van der Waals surface area contributed by atoms with Gasteiger partial charge in [0.25, 0.3) is 0 Å². The van der Waals surface area contributed by atoms with Crippen molar-refractivity contribution in [2.45, 2.75) is 38.5 Å². The van der Waals surface area contributed by atoms with Crippen LogP contribution in [0.25, 0.3) is 0 Å². The van der Waals surface area contributed by atoms with Crippen LogP contribution < -0.4 is 10.2 Å². The molecule has 1 heterocycles. The quantitative estimate of drug-likeness (QED) is 0.888. The number of alkyl halides is 3. The summed E-state index contributed by atoms with van der Waals surface area (Å²) in [5, 5.41) is 3.32. The van der Waals surface area contributed by atoms with E-state index in [1.165, 1.54) is 6.07 Å². The lowest BCUT2D eigenvalue weighted by Crippen LogP contribution is -2.55. The van der Waals surface area contributed by atoms with Crippen LogP contribution in [0.15, 0.2) is 24.3 Å². The van der Waals surface area contributed by atoms with Crippen molar-refractivity contribution >= 4 is 5.69 Å². The van der Waals surface area contributed by atoms with Gasteiger partial charge in [0.1, 0.15) is 0 Å². The number of halogens is 3. The van der Waals surface area contributed by atoms with Crippen molar-refractivity contribution in [1.29, 1.82) is 0 Å². The van der Waals surface area contributed by atoms with E-state index in [0.29, 0.717) is 12.2 Å². The predicted molar refractivity (Wildman–Crippen MR) is 70.3 cm³/mol. The summed E-state index contributed by atoms with van der Waals surface area (Å²) in [5.41, 5.74) is -0.238. The van der Waals surface area contributed by atoms with Crippen LogP contribution in [0.2, 0.25) is 0 Å². The smallest absolute Gasteiger partial charge is 0.365 e. The SMILES string of the molecule is CCC1CNC(C)CN1c1ccccc1C(F)(F)F. The first kappa shape index (κ1) is 14.2. The number of piperazine rings is 1. The summed E-state index contributed by atoms with van der Waals surface area (Å²) in [4.78, 5) is 1.89. The van der Waals surface area contributed by atoms with E-state index in [1.807, 2.05) is 18.7 Å². The Hall–Kier alpha value is -1.23. The molecule has 0 amide bonds. The van der Waals surface area contributed by atoms with Crippen molar-refractivity contribution in [3.63, 3.8) is 0 Å². The molecule has 0 spiro atoms. The van der Waals surface area contributed by atoms with Crippen molar-refractivity contribution in [3.8, 4) is 0 Å². The van der Waals surface area contributed by atoms with E-state index in [1.54, 1.807) is 12.1 Å². The van der Waals surface area contributed by atoms with Crippen LogP contribution in [0.4, 0.5) is 18.9 Å². The van der Waals surface area contributed by atoms with E-state index < -0.39 is 11.7 Å². The molecule has 0 radical (unpaired) electrons. The third kappa shape index (κ3) is 3.03. The molecule has 1 saturated heterocycles. The van der Waals surface area contributed by atoms with Gasteiger partial charge in [0, 0.05) is 30.9 Å². The first-order valence-electron chi connectivity index (χ1n) is 6.59. The molecule has 1 fully saturated rings. The van der Waals surface area contributed by atoms with E-state index in [-0.39, 0.29) is 12.1 Å². The van der Waals surface area contributed by atoms with Crippen LogP contribution in [0.3, 0.4) is 0 Å². The minimum atomic E-state index is -4.30. The monoisotopic (exact) mass is 272 g/mol. The Balaban J connectivity index is 2.39. The number of para-hydroxylation sites is 1. The molecule has 1 aliphatic heterocycles. The van der Waals surface area contributed by atoms with Crippen molar-refractivity contribution in [1.82, 2.24) is 5.32 Å². The van der Waals surface area contributed by atoms with Gasteiger partial charge in [-0.1, -0.05) is 19.1 Å². The third-order valence-electron chi connectivity index (χ3n) is 3.60. The Kier molecular flexibility index (Phi) is 4.04. The zero-order valence-corrected chi connectivity index (χ0v) is 11.2. The molecule has 106 valence electrons. The fourth-order valence-corrected chi connectivity index (χ4v) is 2.58. The van der Waals surface area contributed by atoms with Crippen molar-refractivity contribution < 1.29 is 13.2 Å². The average Bonchev–Trinajstić information content (AvgIpc) is 2.37. The maximum absolute atomic E-state index is 13.1. The van der Waals surface area contributed by atoms with Crippen LogP contribution in [0.5, 0.6) is 0 Å². The number of nitrogens with one attached hydrogen (secondary N) is 1. The van der Waals surface area contributed by atoms with Gasteiger partial charge < -0.3 is 10.2 Å². The predicted octanol–water partition coefficient (Wildman–Crippen LogP) is 3.28. The average molecular weight is 272 g/mol. The van der Waals surface area contributed by atoms with Gasteiger partial charge in [0.2, 0.25) is 0 Å². The summed E-state index contributed by atoms with van der Waals surface area (Å²) in [6.45, 7) is 5.33. The highest BCUT2D eigenvalue weighted by Crippen LogP contribution is 2.37. The summed E-state index contributed by atoms with van der Waals surface area (Å²) in [5.74, 6) is 0. The van der Waals surface area contributed by atoms with Gasteiger partial charge >= 0.3 is 6.18 Å². The van der Waals surface area contributed by atoms with E-state index in [4.69, 9.17) is 0 Å². The fraction of sp³-hybridized carbons (Fsp3) is 0.571. The number of hydrogen-bond donors (Lipinski definition) is 1. The highest BCUT2D eigenvalue weighted by molar-refractivity contribution is 5.56. The highest BCUT2D eigenvalue weighted by atomic mass is 19.4. The molecule has 0 aliphatic carbocycles. The van der Waals surface area contributed by atoms with Crippen molar-refractivity contribution in [2.24, 2.45) is 0 Å². The molecule has 1 aliphatic rings. The molecule has 0 bridgehead atoms. The second-order valence-electron chi connectivity index (χ2n) is 5.04. The van der Waals surface area contributed by atoms with Gasteiger partial charge in [-0.2, -0.15) is 13.2 Å². The Bertz CT molecular complexity index is 431. The molecule has 0 aromatic heterocycles. The molecule has 1 aromatic rings. The Morgan fingerprint density at radius 2 is 2.00 bits per heavy atom. The topological polar surface area (TPSA) is 15.3 Å². The molecule has 0 saturated carbocycles. The Morgan fingerprint density at radius 1 is 1.32 bits per heavy atom. The van der Waals surface area contributed by atoms with Gasteiger partial charge in [-0.05, 0) is 25.5 Å². The van der Waals surface area contributed by atoms with Crippen LogP contribution in [-0.2, 0) is 6.18 Å². The Labute approximate surface area is 111 Å². The van der Waals surface area contributed by atoms with E-state index >= 15 is 0 Å². The van der Waals surface area contributed by atoms with E-state index in [2.05, 4.69) is 5.32 Å². The molecule has 2 rings (SSSR count). The summed E-state index contributed by atoms with van der Waals surface area (Å²) in [6.07, 6.45) is -3.48. The first-order chi connectivity index (χ1) is 8.93. The van der Waals surface area contributed by atoms with Crippen molar-refractivity contribution in [2.75, 3.05) is 18.0 Å². The van der Waals surface area contributed by atoms with Crippen LogP contribution >= 0.6 is 0 Å². The lowest BCUT2D eigenvalue weighted by Gasteiger charge is -2.41. The molecular formula is C14H19F3N2.